The maximum atomic E-state index is 5.18. The van der Waals surface area contributed by atoms with Gasteiger partial charge in [0.05, 0.1) is 6.54 Å². The Kier molecular flexibility index (Phi) is 4.24. The Morgan fingerprint density at radius 1 is 1.26 bits per heavy atom. The number of nitrogens with one attached hydrogen (secondary N) is 1. The lowest BCUT2D eigenvalue weighted by molar-refractivity contribution is 0.361. The minimum atomic E-state index is 0.261. The summed E-state index contributed by atoms with van der Waals surface area (Å²) < 4.78 is 6.27. The monoisotopic (exact) mass is 323 g/mol. The number of rotatable bonds is 4. The molecule has 2 rings (SSSR count). The quantitative estimate of drug-likeness (QED) is 0.916. The maximum absolute atomic E-state index is 5.18. The minimum absolute atomic E-state index is 0.261. The van der Waals surface area contributed by atoms with Crippen LogP contribution in [0.25, 0.3) is 0 Å². The largest absolute Gasteiger partial charge is 0.377 e. The van der Waals surface area contributed by atoms with E-state index in [1.54, 1.807) is 0 Å². The van der Waals surface area contributed by atoms with Crippen molar-refractivity contribution in [1.82, 2.24) is 10.1 Å². The molecule has 1 aromatic carbocycles. The van der Waals surface area contributed by atoms with Gasteiger partial charge < -0.3 is 9.84 Å². The van der Waals surface area contributed by atoms with Crippen LogP contribution >= 0.6 is 15.9 Å². The molecule has 0 unspecified atom stereocenters. The van der Waals surface area contributed by atoms with E-state index >= 15 is 0 Å². The van der Waals surface area contributed by atoms with Crippen molar-refractivity contribution in [2.75, 3.05) is 5.32 Å². The zero-order valence-electron chi connectivity index (χ0n) is 11.6. The molecule has 1 heterocycles. The highest BCUT2D eigenvalue weighted by Gasteiger charge is 2.10. The molecule has 102 valence electrons. The van der Waals surface area contributed by atoms with E-state index in [9.17, 15) is 0 Å². The van der Waals surface area contributed by atoms with Crippen LogP contribution in [0.5, 0.6) is 0 Å². The lowest BCUT2D eigenvalue weighted by atomic mass is 10.1. The van der Waals surface area contributed by atoms with Crippen molar-refractivity contribution < 1.29 is 4.52 Å². The number of benzene rings is 1. The summed E-state index contributed by atoms with van der Waals surface area (Å²) in [5.41, 5.74) is 3.51. The summed E-state index contributed by atoms with van der Waals surface area (Å²) in [5, 5.41) is 7.30. The first-order valence-corrected chi connectivity index (χ1v) is 7.09. The van der Waals surface area contributed by atoms with E-state index in [4.69, 9.17) is 4.52 Å². The van der Waals surface area contributed by atoms with Gasteiger partial charge in [0, 0.05) is 16.1 Å². The normalized spacial score (nSPS) is 11.1. The van der Waals surface area contributed by atoms with Crippen LogP contribution in [0, 0.1) is 13.8 Å². The third kappa shape index (κ3) is 3.35. The maximum Gasteiger partial charge on any atom is 0.229 e. The van der Waals surface area contributed by atoms with E-state index in [1.165, 1.54) is 11.1 Å². The van der Waals surface area contributed by atoms with Crippen LogP contribution in [0.4, 0.5) is 5.69 Å². The molecule has 0 saturated carbocycles. The molecular weight excluding hydrogens is 306 g/mol. The predicted octanol–water partition coefficient (Wildman–Crippen LogP) is 4.18. The molecule has 0 bridgehead atoms. The summed E-state index contributed by atoms with van der Waals surface area (Å²) in [7, 11) is 0. The number of nitrogens with zero attached hydrogens (tertiary/aromatic N) is 2. The Morgan fingerprint density at radius 3 is 2.63 bits per heavy atom. The van der Waals surface area contributed by atoms with E-state index in [-0.39, 0.29) is 5.92 Å². The lowest BCUT2D eigenvalue weighted by Crippen LogP contribution is -2.03. The average Bonchev–Trinajstić information content (AvgIpc) is 2.81. The molecule has 0 saturated heterocycles. The number of hydrogen-bond acceptors (Lipinski definition) is 4. The van der Waals surface area contributed by atoms with Crippen molar-refractivity contribution >= 4 is 21.6 Å². The van der Waals surface area contributed by atoms with Crippen molar-refractivity contribution in [3.63, 3.8) is 0 Å². The summed E-state index contributed by atoms with van der Waals surface area (Å²) in [6.07, 6.45) is 0. The number of halogens is 1. The second kappa shape index (κ2) is 5.74. The highest BCUT2D eigenvalue weighted by atomic mass is 79.9. The van der Waals surface area contributed by atoms with Gasteiger partial charge in [-0.05, 0) is 31.0 Å². The van der Waals surface area contributed by atoms with Gasteiger partial charge in [-0.3, -0.25) is 0 Å². The molecule has 0 radical (unpaired) electrons. The summed E-state index contributed by atoms with van der Waals surface area (Å²) in [4.78, 5) is 4.34. The summed E-state index contributed by atoms with van der Waals surface area (Å²) in [6.45, 7) is 8.79. The van der Waals surface area contributed by atoms with Crippen molar-refractivity contribution in [1.29, 1.82) is 0 Å². The van der Waals surface area contributed by atoms with Crippen LogP contribution < -0.4 is 5.32 Å². The Hall–Kier alpha value is -1.36. The second-order valence-corrected chi connectivity index (χ2v) is 5.83. The fourth-order valence-corrected chi connectivity index (χ4v) is 2.11. The zero-order valence-corrected chi connectivity index (χ0v) is 13.2. The van der Waals surface area contributed by atoms with Crippen molar-refractivity contribution in [3.8, 4) is 0 Å². The first kappa shape index (κ1) is 14.1. The van der Waals surface area contributed by atoms with Crippen LogP contribution in [0.15, 0.2) is 21.1 Å². The van der Waals surface area contributed by atoms with Gasteiger partial charge in [0.1, 0.15) is 0 Å². The lowest BCUT2D eigenvalue weighted by Gasteiger charge is -2.10. The number of hydrogen-bond donors (Lipinski definition) is 1. The fraction of sp³-hybridized carbons (Fsp3) is 0.429. The molecule has 4 nitrogen and oxygen atoms in total. The molecule has 1 N–H and O–H groups in total. The van der Waals surface area contributed by atoms with Crippen LogP contribution in [-0.2, 0) is 6.54 Å². The number of aromatic nitrogens is 2. The molecular formula is C14H18BrN3O. The van der Waals surface area contributed by atoms with E-state index in [0.717, 1.165) is 10.2 Å². The van der Waals surface area contributed by atoms with Gasteiger partial charge in [0.2, 0.25) is 5.89 Å². The van der Waals surface area contributed by atoms with Crippen LogP contribution in [-0.4, -0.2) is 10.1 Å². The SMILES string of the molecule is Cc1cc(C)c(NCc2noc(C(C)C)n2)cc1Br. The fourth-order valence-electron chi connectivity index (χ4n) is 1.76. The van der Waals surface area contributed by atoms with Gasteiger partial charge in [-0.2, -0.15) is 4.98 Å². The van der Waals surface area contributed by atoms with Gasteiger partial charge in [0.15, 0.2) is 5.82 Å². The molecule has 0 aliphatic carbocycles. The van der Waals surface area contributed by atoms with Gasteiger partial charge in [-0.1, -0.05) is 41.0 Å². The molecule has 0 atom stereocenters. The molecule has 0 aliphatic rings. The van der Waals surface area contributed by atoms with E-state index in [2.05, 4.69) is 57.4 Å². The molecule has 1 aromatic heterocycles. The third-order valence-corrected chi connectivity index (χ3v) is 3.77. The molecule has 0 aliphatic heterocycles. The molecule has 0 spiro atoms. The summed E-state index contributed by atoms with van der Waals surface area (Å²) in [5.74, 6) is 1.62. The molecule has 19 heavy (non-hydrogen) atoms. The molecule has 0 amide bonds. The Labute approximate surface area is 121 Å². The standard InChI is InChI=1S/C14H18BrN3O/c1-8(2)14-17-13(18-19-14)7-16-12-6-11(15)9(3)5-10(12)4/h5-6,8,16H,7H2,1-4H3. The van der Waals surface area contributed by atoms with Gasteiger partial charge >= 0.3 is 0 Å². The first-order chi connectivity index (χ1) is 8.97. The molecule has 5 heteroatoms. The van der Waals surface area contributed by atoms with Crippen LogP contribution in [0.1, 0.15) is 42.6 Å². The van der Waals surface area contributed by atoms with E-state index in [0.29, 0.717) is 18.3 Å². The average molecular weight is 324 g/mol. The van der Waals surface area contributed by atoms with Crippen LogP contribution in [0.2, 0.25) is 0 Å². The zero-order chi connectivity index (χ0) is 14.0. The first-order valence-electron chi connectivity index (χ1n) is 6.30. The van der Waals surface area contributed by atoms with Crippen molar-refractivity contribution in [3.05, 3.63) is 39.4 Å². The number of anilines is 1. The van der Waals surface area contributed by atoms with E-state index in [1.807, 2.05) is 13.8 Å². The second-order valence-electron chi connectivity index (χ2n) is 4.97. The van der Waals surface area contributed by atoms with Gasteiger partial charge in [-0.25, -0.2) is 0 Å². The van der Waals surface area contributed by atoms with Crippen LogP contribution in [0.3, 0.4) is 0 Å². The minimum Gasteiger partial charge on any atom is -0.377 e. The predicted molar refractivity (Wildman–Crippen MR) is 79.3 cm³/mol. The highest BCUT2D eigenvalue weighted by Crippen LogP contribution is 2.25. The van der Waals surface area contributed by atoms with E-state index < -0.39 is 0 Å². The Balaban J connectivity index is 2.07. The third-order valence-electron chi connectivity index (χ3n) is 2.92. The highest BCUT2D eigenvalue weighted by molar-refractivity contribution is 9.10. The Bertz CT molecular complexity index is 578. The smallest absolute Gasteiger partial charge is 0.229 e. The summed E-state index contributed by atoms with van der Waals surface area (Å²) >= 11 is 3.54. The molecule has 2 aromatic rings. The molecule has 0 fully saturated rings. The van der Waals surface area contributed by atoms with Crippen molar-refractivity contribution in [2.45, 2.75) is 40.2 Å². The topological polar surface area (TPSA) is 51.0 Å². The summed E-state index contributed by atoms with van der Waals surface area (Å²) in [6, 6.07) is 4.22. The van der Waals surface area contributed by atoms with Crippen molar-refractivity contribution in [2.24, 2.45) is 0 Å². The van der Waals surface area contributed by atoms with Gasteiger partial charge in [-0.15, -0.1) is 0 Å². The Morgan fingerprint density at radius 2 is 2.00 bits per heavy atom. The van der Waals surface area contributed by atoms with Gasteiger partial charge in [0.25, 0.3) is 0 Å². The number of aryl methyl sites for hydroxylation is 2.